The number of carbonyl (C=O) groups is 1. The fraction of sp³-hybridized carbons (Fsp3) is 0.900. The molecular weight excluding hydrogens is 152 g/mol. The summed E-state index contributed by atoms with van der Waals surface area (Å²) >= 11 is 0. The predicted molar refractivity (Wildman–Crippen MR) is 48.1 cm³/mol. The Balaban J connectivity index is 2.18. The summed E-state index contributed by atoms with van der Waals surface area (Å²) in [6.07, 6.45) is 3.69. The van der Waals surface area contributed by atoms with Gasteiger partial charge in [0, 0.05) is 12.8 Å². The lowest BCUT2D eigenvalue weighted by molar-refractivity contribution is -0.128. The normalized spacial score (nSPS) is 24.9. The molecule has 1 fully saturated rings. The molecule has 0 bridgehead atoms. The fourth-order valence-electron chi connectivity index (χ4n) is 1.46. The van der Waals surface area contributed by atoms with Crippen molar-refractivity contribution in [1.82, 2.24) is 0 Å². The van der Waals surface area contributed by atoms with Crippen LogP contribution in [-0.4, -0.2) is 18.5 Å². The lowest BCUT2D eigenvalue weighted by Gasteiger charge is -2.22. The van der Waals surface area contributed by atoms with Crippen LogP contribution in [0.2, 0.25) is 0 Å². The van der Waals surface area contributed by atoms with Crippen LogP contribution in [0.15, 0.2) is 0 Å². The fourth-order valence-corrected chi connectivity index (χ4v) is 1.46. The van der Waals surface area contributed by atoms with Gasteiger partial charge in [0.05, 0.1) is 12.7 Å². The van der Waals surface area contributed by atoms with Crippen molar-refractivity contribution in [2.24, 2.45) is 5.92 Å². The van der Waals surface area contributed by atoms with Crippen LogP contribution in [0.1, 0.15) is 39.5 Å². The van der Waals surface area contributed by atoms with Crippen molar-refractivity contribution >= 4 is 5.78 Å². The first-order valence-electron chi connectivity index (χ1n) is 4.82. The SMILES string of the molecule is CC(C)CCC1CC(=O)CCO1. The van der Waals surface area contributed by atoms with Gasteiger partial charge in [0.15, 0.2) is 0 Å². The summed E-state index contributed by atoms with van der Waals surface area (Å²) in [7, 11) is 0. The monoisotopic (exact) mass is 170 g/mol. The van der Waals surface area contributed by atoms with Crippen molar-refractivity contribution in [3.05, 3.63) is 0 Å². The first-order chi connectivity index (χ1) is 5.68. The molecule has 0 aromatic rings. The van der Waals surface area contributed by atoms with Gasteiger partial charge in [-0.2, -0.15) is 0 Å². The van der Waals surface area contributed by atoms with E-state index in [0.717, 1.165) is 12.8 Å². The number of Topliss-reactive ketones (excluding diaryl/α,β-unsaturated/α-hetero) is 1. The summed E-state index contributed by atoms with van der Waals surface area (Å²) < 4.78 is 5.48. The van der Waals surface area contributed by atoms with Crippen LogP contribution in [-0.2, 0) is 9.53 Å². The van der Waals surface area contributed by atoms with E-state index in [1.807, 2.05) is 0 Å². The topological polar surface area (TPSA) is 26.3 Å². The van der Waals surface area contributed by atoms with Gasteiger partial charge in [-0.05, 0) is 18.8 Å². The molecule has 1 heterocycles. The Bertz CT molecular complexity index is 152. The van der Waals surface area contributed by atoms with Gasteiger partial charge in [-0.15, -0.1) is 0 Å². The summed E-state index contributed by atoms with van der Waals surface area (Å²) in [5.41, 5.74) is 0. The van der Waals surface area contributed by atoms with Gasteiger partial charge in [0.2, 0.25) is 0 Å². The van der Waals surface area contributed by atoms with E-state index in [9.17, 15) is 4.79 Å². The maximum absolute atomic E-state index is 11.0. The molecule has 2 nitrogen and oxygen atoms in total. The molecule has 2 heteroatoms. The number of hydrogen-bond acceptors (Lipinski definition) is 2. The number of hydrogen-bond donors (Lipinski definition) is 0. The van der Waals surface area contributed by atoms with E-state index in [0.29, 0.717) is 31.1 Å². The second-order valence-corrected chi connectivity index (χ2v) is 3.96. The molecule has 1 aliphatic rings. The average molecular weight is 170 g/mol. The zero-order valence-electron chi connectivity index (χ0n) is 8.01. The number of rotatable bonds is 3. The summed E-state index contributed by atoms with van der Waals surface area (Å²) in [4.78, 5) is 11.0. The third-order valence-corrected chi connectivity index (χ3v) is 2.26. The molecule has 0 aliphatic carbocycles. The summed E-state index contributed by atoms with van der Waals surface area (Å²) in [6, 6.07) is 0. The van der Waals surface area contributed by atoms with Crippen molar-refractivity contribution < 1.29 is 9.53 Å². The maximum Gasteiger partial charge on any atom is 0.137 e. The molecule has 0 N–H and O–H groups in total. The molecule has 1 unspecified atom stereocenters. The third kappa shape index (κ3) is 3.35. The van der Waals surface area contributed by atoms with Crippen LogP contribution in [0, 0.1) is 5.92 Å². The largest absolute Gasteiger partial charge is 0.377 e. The van der Waals surface area contributed by atoms with Gasteiger partial charge in [0.25, 0.3) is 0 Å². The quantitative estimate of drug-likeness (QED) is 0.649. The van der Waals surface area contributed by atoms with Crippen LogP contribution in [0.4, 0.5) is 0 Å². The Morgan fingerprint density at radius 3 is 2.92 bits per heavy atom. The van der Waals surface area contributed by atoms with E-state index in [2.05, 4.69) is 13.8 Å². The molecule has 0 spiro atoms. The zero-order valence-corrected chi connectivity index (χ0v) is 8.01. The van der Waals surface area contributed by atoms with Gasteiger partial charge in [-0.3, -0.25) is 4.79 Å². The summed E-state index contributed by atoms with van der Waals surface area (Å²) in [5, 5.41) is 0. The number of ketones is 1. The molecule has 12 heavy (non-hydrogen) atoms. The minimum absolute atomic E-state index is 0.216. The van der Waals surface area contributed by atoms with E-state index in [1.54, 1.807) is 0 Å². The molecule has 0 radical (unpaired) electrons. The summed E-state index contributed by atoms with van der Waals surface area (Å²) in [6.45, 7) is 5.04. The number of carbonyl (C=O) groups excluding carboxylic acids is 1. The van der Waals surface area contributed by atoms with E-state index < -0.39 is 0 Å². The van der Waals surface area contributed by atoms with Gasteiger partial charge in [0.1, 0.15) is 5.78 Å². The van der Waals surface area contributed by atoms with Gasteiger partial charge in [-0.1, -0.05) is 13.8 Å². The van der Waals surface area contributed by atoms with Crippen LogP contribution < -0.4 is 0 Å². The molecule has 1 rings (SSSR count). The highest BCUT2D eigenvalue weighted by molar-refractivity contribution is 5.79. The molecule has 0 amide bonds. The van der Waals surface area contributed by atoms with Crippen molar-refractivity contribution in [2.75, 3.05) is 6.61 Å². The molecule has 0 aromatic heterocycles. The lowest BCUT2D eigenvalue weighted by atomic mass is 9.99. The van der Waals surface area contributed by atoms with Crippen molar-refractivity contribution in [2.45, 2.75) is 45.6 Å². The first-order valence-corrected chi connectivity index (χ1v) is 4.82. The van der Waals surface area contributed by atoms with Crippen molar-refractivity contribution in [3.63, 3.8) is 0 Å². The van der Waals surface area contributed by atoms with Gasteiger partial charge >= 0.3 is 0 Å². The molecule has 70 valence electrons. The minimum Gasteiger partial charge on any atom is -0.377 e. The van der Waals surface area contributed by atoms with Crippen LogP contribution in [0.25, 0.3) is 0 Å². The summed E-state index contributed by atoms with van der Waals surface area (Å²) in [5.74, 6) is 1.08. The molecule has 1 atom stereocenters. The van der Waals surface area contributed by atoms with Crippen molar-refractivity contribution in [1.29, 1.82) is 0 Å². The second-order valence-electron chi connectivity index (χ2n) is 3.96. The average Bonchev–Trinajstić information content (AvgIpc) is 2.01. The minimum atomic E-state index is 0.216. The van der Waals surface area contributed by atoms with Gasteiger partial charge in [-0.25, -0.2) is 0 Å². The lowest BCUT2D eigenvalue weighted by Crippen LogP contribution is -2.25. The van der Waals surface area contributed by atoms with E-state index in [4.69, 9.17) is 4.74 Å². The smallest absolute Gasteiger partial charge is 0.137 e. The molecular formula is C10H18O2. The second kappa shape index (κ2) is 4.61. The highest BCUT2D eigenvalue weighted by Gasteiger charge is 2.19. The van der Waals surface area contributed by atoms with E-state index in [-0.39, 0.29) is 6.10 Å². The van der Waals surface area contributed by atoms with Crippen LogP contribution in [0.3, 0.4) is 0 Å². The number of ether oxygens (including phenoxy) is 1. The Morgan fingerprint density at radius 1 is 1.58 bits per heavy atom. The Kier molecular flexibility index (Phi) is 3.73. The Labute approximate surface area is 74.3 Å². The Hall–Kier alpha value is -0.370. The molecule has 1 saturated heterocycles. The van der Waals surface area contributed by atoms with Crippen LogP contribution in [0.5, 0.6) is 0 Å². The highest BCUT2D eigenvalue weighted by atomic mass is 16.5. The molecule has 0 aromatic carbocycles. The zero-order chi connectivity index (χ0) is 8.97. The molecule has 1 aliphatic heterocycles. The van der Waals surface area contributed by atoms with Gasteiger partial charge < -0.3 is 4.74 Å². The molecule has 0 saturated carbocycles. The third-order valence-electron chi connectivity index (χ3n) is 2.26. The van der Waals surface area contributed by atoms with Crippen LogP contribution >= 0.6 is 0 Å². The maximum atomic E-state index is 11.0. The highest BCUT2D eigenvalue weighted by Crippen LogP contribution is 2.17. The van der Waals surface area contributed by atoms with E-state index >= 15 is 0 Å². The standard InChI is InChI=1S/C10H18O2/c1-8(2)3-4-10-7-9(11)5-6-12-10/h8,10H,3-7H2,1-2H3. The van der Waals surface area contributed by atoms with Crippen molar-refractivity contribution in [3.8, 4) is 0 Å². The first kappa shape index (κ1) is 9.72. The van der Waals surface area contributed by atoms with E-state index in [1.165, 1.54) is 0 Å². The Morgan fingerprint density at radius 2 is 2.33 bits per heavy atom. The predicted octanol–water partition coefficient (Wildman–Crippen LogP) is 2.17.